The lowest BCUT2D eigenvalue weighted by Crippen LogP contribution is -1.93. The van der Waals surface area contributed by atoms with Crippen LogP contribution in [-0.4, -0.2) is 22.4 Å². The van der Waals surface area contributed by atoms with Crippen molar-refractivity contribution in [2.75, 3.05) is 6.26 Å². The minimum atomic E-state index is 0.740. The van der Waals surface area contributed by atoms with E-state index in [9.17, 15) is 0 Å². The maximum Gasteiger partial charge on any atom is 0.187 e. The predicted octanol–water partition coefficient (Wildman–Crippen LogP) is 1.13. The third kappa shape index (κ3) is 1.14. The highest BCUT2D eigenvalue weighted by Gasteiger charge is 2.08. The van der Waals surface area contributed by atoms with Gasteiger partial charge in [-0.05, 0) is 6.26 Å². The molecule has 1 aliphatic rings. The fourth-order valence-corrected chi connectivity index (χ4v) is 1.31. The third-order valence-electron chi connectivity index (χ3n) is 1.53. The summed E-state index contributed by atoms with van der Waals surface area (Å²) in [5.41, 5.74) is 2.10. The first-order valence-electron chi connectivity index (χ1n) is 3.30. The zero-order chi connectivity index (χ0) is 7.68. The molecule has 0 radical (unpaired) electrons. The summed E-state index contributed by atoms with van der Waals surface area (Å²) in [6.07, 6.45) is 5.62. The Kier molecular flexibility index (Phi) is 1.62. The normalized spacial score (nSPS) is 13.5. The van der Waals surface area contributed by atoms with Crippen LogP contribution in [0.1, 0.15) is 11.3 Å². The first-order chi connectivity index (χ1) is 5.40. The van der Waals surface area contributed by atoms with E-state index in [0.29, 0.717) is 0 Å². The number of thioether (sulfide) groups is 1. The molecule has 11 heavy (non-hydrogen) atoms. The van der Waals surface area contributed by atoms with Gasteiger partial charge in [-0.25, -0.2) is 9.97 Å². The molecule has 0 spiro atoms. The molecule has 0 unspecified atom stereocenters. The summed E-state index contributed by atoms with van der Waals surface area (Å²) in [6.45, 7) is 0.740. The number of hydrogen-bond donors (Lipinski definition) is 0. The van der Waals surface area contributed by atoms with Crippen LogP contribution in [0.5, 0.6) is 0 Å². The van der Waals surface area contributed by atoms with E-state index in [1.54, 1.807) is 18.0 Å². The maximum atomic E-state index is 4.27. The minimum Gasteiger partial charge on any atom is -0.286 e. The van der Waals surface area contributed by atoms with Crippen molar-refractivity contribution in [2.24, 2.45) is 4.99 Å². The molecule has 0 saturated heterocycles. The van der Waals surface area contributed by atoms with E-state index in [1.165, 1.54) is 0 Å². The number of fused-ring (bicyclic) bond motifs is 1. The van der Waals surface area contributed by atoms with Gasteiger partial charge >= 0.3 is 0 Å². The molecule has 1 aromatic rings. The molecular weight excluding hydrogens is 158 g/mol. The summed E-state index contributed by atoms with van der Waals surface area (Å²) in [5, 5.41) is 0.817. The van der Waals surface area contributed by atoms with E-state index in [4.69, 9.17) is 0 Å². The molecule has 0 aromatic carbocycles. The molecule has 0 saturated carbocycles. The summed E-state index contributed by atoms with van der Waals surface area (Å²) in [6, 6.07) is 0. The molecule has 0 atom stereocenters. The molecule has 0 aliphatic carbocycles. The number of hydrogen-bond acceptors (Lipinski definition) is 4. The Morgan fingerprint density at radius 1 is 1.55 bits per heavy atom. The van der Waals surface area contributed by atoms with Gasteiger partial charge in [0.25, 0.3) is 0 Å². The third-order valence-corrected chi connectivity index (χ3v) is 2.10. The summed E-state index contributed by atoms with van der Waals surface area (Å²) in [4.78, 5) is 12.5. The van der Waals surface area contributed by atoms with Crippen LogP contribution in [-0.2, 0) is 6.54 Å². The molecule has 1 aliphatic heterocycles. The van der Waals surface area contributed by atoms with Gasteiger partial charge in [0.15, 0.2) is 5.16 Å². The van der Waals surface area contributed by atoms with Crippen molar-refractivity contribution < 1.29 is 0 Å². The fourth-order valence-electron chi connectivity index (χ4n) is 0.965. The van der Waals surface area contributed by atoms with Crippen molar-refractivity contribution in [1.82, 2.24) is 9.97 Å². The average Bonchev–Trinajstić information content (AvgIpc) is 2.50. The Morgan fingerprint density at radius 3 is 3.27 bits per heavy atom. The molecule has 0 bridgehead atoms. The van der Waals surface area contributed by atoms with Crippen molar-refractivity contribution >= 4 is 18.0 Å². The topological polar surface area (TPSA) is 38.1 Å². The molecule has 0 N–H and O–H groups in total. The lowest BCUT2D eigenvalue weighted by atomic mass is 10.3. The second kappa shape index (κ2) is 2.62. The Balaban J connectivity index is 2.47. The van der Waals surface area contributed by atoms with Crippen molar-refractivity contribution in [1.29, 1.82) is 0 Å². The Morgan fingerprint density at radius 2 is 2.45 bits per heavy atom. The highest BCUT2D eigenvalue weighted by Crippen LogP contribution is 2.14. The van der Waals surface area contributed by atoms with Gasteiger partial charge in [-0.3, -0.25) is 4.99 Å². The molecule has 3 nitrogen and oxygen atoms in total. The van der Waals surface area contributed by atoms with Crippen LogP contribution in [0.25, 0.3) is 0 Å². The van der Waals surface area contributed by atoms with Gasteiger partial charge in [-0.2, -0.15) is 0 Å². The van der Waals surface area contributed by atoms with Crippen LogP contribution in [0.3, 0.4) is 0 Å². The Bertz CT molecular complexity index is 309. The SMILES string of the molecule is CSc1ncc2c(n1)C=NC2. The summed E-state index contributed by atoms with van der Waals surface area (Å²) < 4.78 is 0. The van der Waals surface area contributed by atoms with E-state index in [-0.39, 0.29) is 0 Å². The summed E-state index contributed by atoms with van der Waals surface area (Å²) in [5.74, 6) is 0. The smallest absolute Gasteiger partial charge is 0.187 e. The molecule has 2 heterocycles. The average molecular weight is 165 g/mol. The van der Waals surface area contributed by atoms with Crippen LogP contribution in [0.4, 0.5) is 0 Å². The van der Waals surface area contributed by atoms with E-state index in [0.717, 1.165) is 23.0 Å². The standard InChI is InChI=1S/C7H7N3S/c1-11-7-9-3-5-2-8-4-6(5)10-7/h3-4H,2H2,1H3. The summed E-state index contributed by atoms with van der Waals surface area (Å²) in [7, 11) is 0. The zero-order valence-electron chi connectivity index (χ0n) is 6.11. The minimum absolute atomic E-state index is 0.740. The van der Waals surface area contributed by atoms with E-state index < -0.39 is 0 Å². The highest BCUT2D eigenvalue weighted by molar-refractivity contribution is 7.98. The first-order valence-corrected chi connectivity index (χ1v) is 4.52. The van der Waals surface area contributed by atoms with Crippen LogP contribution < -0.4 is 0 Å². The van der Waals surface area contributed by atoms with Gasteiger partial charge in [0.1, 0.15) is 0 Å². The second-order valence-electron chi connectivity index (χ2n) is 2.24. The molecule has 4 heteroatoms. The summed E-state index contributed by atoms with van der Waals surface area (Å²) >= 11 is 1.55. The van der Waals surface area contributed by atoms with Gasteiger partial charge in [0.2, 0.25) is 0 Å². The quantitative estimate of drug-likeness (QED) is 0.462. The van der Waals surface area contributed by atoms with E-state index in [1.807, 2.05) is 12.5 Å². The molecule has 1 aromatic heterocycles. The largest absolute Gasteiger partial charge is 0.286 e. The lowest BCUT2D eigenvalue weighted by molar-refractivity contribution is 0.931. The van der Waals surface area contributed by atoms with Gasteiger partial charge in [0.05, 0.1) is 12.2 Å². The van der Waals surface area contributed by atoms with Gasteiger partial charge in [-0.15, -0.1) is 0 Å². The number of aliphatic imine (C=N–C) groups is 1. The fraction of sp³-hybridized carbons (Fsp3) is 0.286. The zero-order valence-corrected chi connectivity index (χ0v) is 6.93. The number of nitrogens with zero attached hydrogens (tertiary/aromatic N) is 3. The van der Waals surface area contributed by atoms with Crippen LogP contribution in [0.2, 0.25) is 0 Å². The van der Waals surface area contributed by atoms with Gasteiger partial charge in [-0.1, -0.05) is 11.8 Å². The van der Waals surface area contributed by atoms with Crippen LogP contribution in [0, 0.1) is 0 Å². The number of rotatable bonds is 1. The highest BCUT2D eigenvalue weighted by atomic mass is 32.2. The molecular formula is C7H7N3S. The van der Waals surface area contributed by atoms with Crippen molar-refractivity contribution in [3.8, 4) is 0 Å². The van der Waals surface area contributed by atoms with Crippen LogP contribution >= 0.6 is 11.8 Å². The van der Waals surface area contributed by atoms with Crippen molar-refractivity contribution in [3.05, 3.63) is 17.5 Å². The second-order valence-corrected chi connectivity index (χ2v) is 3.01. The van der Waals surface area contributed by atoms with Gasteiger partial charge < -0.3 is 0 Å². The molecule has 0 fully saturated rings. The lowest BCUT2D eigenvalue weighted by Gasteiger charge is -1.96. The van der Waals surface area contributed by atoms with Gasteiger partial charge in [0, 0.05) is 18.0 Å². The maximum absolute atomic E-state index is 4.27. The van der Waals surface area contributed by atoms with E-state index in [2.05, 4.69) is 15.0 Å². The Labute approximate surface area is 69.0 Å². The molecule has 0 amide bonds. The van der Waals surface area contributed by atoms with E-state index >= 15 is 0 Å². The van der Waals surface area contributed by atoms with Crippen LogP contribution in [0.15, 0.2) is 16.3 Å². The molecule has 2 rings (SSSR count). The Hall–Kier alpha value is -0.900. The van der Waals surface area contributed by atoms with Crippen molar-refractivity contribution in [3.63, 3.8) is 0 Å². The number of aromatic nitrogens is 2. The first kappa shape index (κ1) is 6.79. The van der Waals surface area contributed by atoms with Crippen molar-refractivity contribution in [2.45, 2.75) is 11.7 Å². The molecule has 56 valence electrons. The monoisotopic (exact) mass is 165 g/mol. The predicted molar refractivity (Wildman–Crippen MR) is 45.1 cm³/mol.